The lowest BCUT2D eigenvalue weighted by Gasteiger charge is -2.34. The molecule has 0 saturated carbocycles. The summed E-state index contributed by atoms with van der Waals surface area (Å²) in [4.78, 5) is 34.5. The van der Waals surface area contributed by atoms with Crippen LogP contribution in [0.3, 0.4) is 0 Å². The number of hydrogen-bond acceptors (Lipinski definition) is 8. The quantitative estimate of drug-likeness (QED) is 0.525. The minimum atomic E-state index is -0.778. The van der Waals surface area contributed by atoms with Gasteiger partial charge in [0.05, 0.1) is 12.7 Å². The summed E-state index contributed by atoms with van der Waals surface area (Å²) in [6.07, 6.45) is -1.05. The Morgan fingerprint density at radius 2 is 1.81 bits per heavy atom. The monoisotopic (exact) mass is 380 g/mol. The maximum absolute atomic E-state index is 12.1. The van der Waals surface area contributed by atoms with Crippen molar-refractivity contribution >= 4 is 17.9 Å². The third-order valence-electron chi connectivity index (χ3n) is 3.77. The van der Waals surface area contributed by atoms with E-state index in [2.05, 4.69) is 0 Å². The zero-order valence-electron chi connectivity index (χ0n) is 15.6. The molecule has 0 bridgehead atoms. The van der Waals surface area contributed by atoms with E-state index in [1.807, 2.05) is 0 Å². The van der Waals surface area contributed by atoms with Crippen LogP contribution in [0.4, 0.5) is 0 Å². The molecule has 0 aliphatic carbocycles. The van der Waals surface area contributed by atoms with Gasteiger partial charge in [-0.25, -0.2) is 4.79 Å². The molecule has 1 saturated heterocycles. The van der Waals surface area contributed by atoms with Gasteiger partial charge < -0.3 is 23.7 Å². The molecule has 1 fully saturated rings. The Morgan fingerprint density at radius 1 is 1.07 bits per heavy atom. The largest absolute Gasteiger partial charge is 0.464 e. The van der Waals surface area contributed by atoms with Gasteiger partial charge in [0.2, 0.25) is 6.29 Å². The number of carbonyl (C=O) groups is 3. The van der Waals surface area contributed by atoms with E-state index in [1.165, 1.54) is 13.8 Å². The average molecular weight is 380 g/mol. The summed E-state index contributed by atoms with van der Waals surface area (Å²) in [5, 5.41) is 0. The Balaban J connectivity index is 2.12. The lowest BCUT2D eigenvalue weighted by molar-refractivity contribution is -0.201. The summed E-state index contributed by atoms with van der Waals surface area (Å²) >= 11 is 0. The molecule has 3 atom stereocenters. The molecule has 0 aromatic heterocycles. The van der Waals surface area contributed by atoms with Crippen molar-refractivity contribution in [2.24, 2.45) is 0 Å². The van der Waals surface area contributed by atoms with Crippen LogP contribution in [0.15, 0.2) is 24.3 Å². The normalized spacial score (nSPS) is 21.8. The van der Waals surface area contributed by atoms with E-state index in [4.69, 9.17) is 23.7 Å². The SMILES string of the molecule is CCOC(=O)c1ccccc1OC1CC(OC(C)=O)CC(COC(C)=O)O1. The summed E-state index contributed by atoms with van der Waals surface area (Å²) in [5.41, 5.74) is 0.272. The Kier molecular flexibility index (Phi) is 7.60. The van der Waals surface area contributed by atoms with E-state index >= 15 is 0 Å². The number of hydrogen-bond donors (Lipinski definition) is 0. The van der Waals surface area contributed by atoms with Crippen molar-refractivity contribution in [2.45, 2.75) is 52.1 Å². The topological polar surface area (TPSA) is 97.4 Å². The summed E-state index contributed by atoms with van der Waals surface area (Å²) < 4.78 is 27.0. The van der Waals surface area contributed by atoms with Crippen molar-refractivity contribution in [3.05, 3.63) is 29.8 Å². The molecule has 1 aliphatic heterocycles. The first-order valence-corrected chi connectivity index (χ1v) is 8.77. The minimum absolute atomic E-state index is 0.0203. The summed E-state index contributed by atoms with van der Waals surface area (Å²) in [6.45, 7) is 4.60. The molecule has 3 unspecified atom stereocenters. The van der Waals surface area contributed by atoms with Gasteiger partial charge in [-0.1, -0.05) is 12.1 Å². The number of carbonyl (C=O) groups excluding carboxylic acids is 3. The van der Waals surface area contributed by atoms with Crippen LogP contribution in [0.2, 0.25) is 0 Å². The van der Waals surface area contributed by atoms with Gasteiger partial charge >= 0.3 is 17.9 Å². The van der Waals surface area contributed by atoms with E-state index in [-0.39, 0.29) is 25.2 Å². The van der Waals surface area contributed by atoms with Crippen molar-refractivity contribution in [2.75, 3.05) is 13.2 Å². The van der Waals surface area contributed by atoms with E-state index in [9.17, 15) is 14.4 Å². The molecule has 0 spiro atoms. The van der Waals surface area contributed by atoms with Crippen LogP contribution in [0.1, 0.15) is 44.0 Å². The summed E-state index contributed by atoms with van der Waals surface area (Å²) in [5.74, 6) is -1.05. The Morgan fingerprint density at radius 3 is 2.48 bits per heavy atom. The molecule has 1 aliphatic rings. The van der Waals surface area contributed by atoms with Gasteiger partial charge in [-0.15, -0.1) is 0 Å². The summed E-state index contributed by atoms with van der Waals surface area (Å²) in [7, 11) is 0. The Hall–Kier alpha value is -2.61. The van der Waals surface area contributed by atoms with Crippen LogP contribution in [-0.4, -0.2) is 49.6 Å². The second-order valence-electron chi connectivity index (χ2n) is 6.03. The van der Waals surface area contributed by atoms with Crippen LogP contribution < -0.4 is 4.74 Å². The molecule has 2 rings (SSSR count). The molecule has 0 radical (unpaired) electrons. The van der Waals surface area contributed by atoms with Crippen molar-refractivity contribution in [3.8, 4) is 5.75 Å². The predicted octanol–water partition coefficient (Wildman–Crippen LogP) is 2.24. The molecule has 1 aromatic carbocycles. The molecule has 1 aromatic rings. The van der Waals surface area contributed by atoms with Gasteiger partial charge in [0.15, 0.2) is 0 Å². The van der Waals surface area contributed by atoms with Gasteiger partial charge in [-0.2, -0.15) is 0 Å². The second-order valence-corrected chi connectivity index (χ2v) is 6.03. The first kappa shape index (κ1) is 20.7. The van der Waals surface area contributed by atoms with E-state index in [1.54, 1.807) is 31.2 Å². The molecule has 27 heavy (non-hydrogen) atoms. The molecular weight excluding hydrogens is 356 g/mol. The zero-order valence-corrected chi connectivity index (χ0v) is 15.6. The van der Waals surface area contributed by atoms with Gasteiger partial charge in [0.1, 0.15) is 24.0 Å². The van der Waals surface area contributed by atoms with Crippen molar-refractivity contribution in [3.63, 3.8) is 0 Å². The average Bonchev–Trinajstić information content (AvgIpc) is 2.60. The molecule has 0 amide bonds. The molecule has 0 N–H and O–H groups in total. The lowest BCUT2D eigenvalue weighted by atomic mass is 10.1. The fourth-order valence-electron chi connectivity index (χ4n) is 2.74. The maximum atomic E-state index is 12.1. The highest BCUT2D eigenvalue weighted by Gasteiger charge is 2.34. The maximum Gasteiger partial charge on any atom is 0.341 e. The number of benzene rings is 1. The summed E-state index contributed by atoms with van der Waals surface area (Å²) in [6, 6.07) is 6.65. The van der Waals surface area contributed by atoms with Crippen molar-refractivity contribution < 1.29 is 38.1 Å². The fourth-order valence-corrected chi connectivity index (χ4v) is 2.74. The number of para-hydroxylation sites is 1. The highest BCUT2D eigenvalue weighted by molar-refractivity contribution is 5.92. The van der Waals surface area contributed by atoms with Crippen LogP contribution >= 0.6 is 0 Å². The van der Waals surface area contributed by atoms with E-state index < -0.39 is 36.4 Å². The van der Waals surface area contributed by atoms with Crippen molar-refractivity contribution in [1.82, 2.24) is 0 Å². The standard InChI is InChI=1S/C19H24O8/c1-4-23-19(22)16-7-5-6-8-17(16)27-18-10-14(25-13(3)21)9-15(26-18)11-24-12(2)20/h5-8,14-15,18H,4,9-11H2,1-3H3. The number of rotatable bonds is 7. The number of ether oxygens (including phenoxy) is 5. The predicted molar refractivity (Wildman–Crippen MR) is 93.1 cm³/mol. The van der Waals surface area contributed by atoms with Crippen LogP contribution in [0.25, 0.3) is 0 Å². The van der Waals surface area contributed by atoms with Crippen molar-refractivity contribution in [1.29, 1.82) is 0 Å². The smallest absolute Gasteiger partial charge is 0.341 e. The first-order chi connectivity index (χ1) is 12.9. The third kappa shape index (κ3) is 6.56. The highest BCUT2D eigenvalue weighted by atomic mass is 16.7. The van der Waals surface area contributed by atoms with Gasteiger partial charge in [0, 0.05) is 26.7 Å². The highest BCUT2D eigenvalue weighted by Crippen LogP contribution is 2.27. The fraction of sp³-hybridized carbons (Fsp3) is 0.526. The number of esters is 3. The van der Waals surface area contributed by atoms with Crippen LogP contribution in [-0.2, 0) is 28.5 Å². The van der Waals surface area contributed by atoms with Crippen LogP contribution in [0.5, 0.6) is 5.75 Å². The van der Waals surface area contributed by atoms with E-state index in [0.717, 1.165) is 0 Å². The molecular formula is C19H24O8. The van der Waals surface area contributed by atoms with Crippen LogP contribution in [0, 0.1) is 0 Å². The molecule has 8 nitrogen and oxygen atoms in total. The second kappa shape index (κ2) is 9.91. The minimum Gasteiger partial charge on any atom is -0.464 e. The molecule has 148 valence electrons. The molecule has 1 heterocycles. The Labute approximate surface area is 157 Å². The zero-order chi connectivity index (χ0) is 19.8. The van der Waals surface area contributed by atoms with Gasteiger partial charge in [-0.05, 0) is 19.1 Å². The van der Waals surface area contributed by atoms with Gasteiger partial charge in [0.25, 0.3) is 0 Å². The van der Waals surface area contributed by atoms with E-state index in [0.29, 0.717) is 12.2 Å². The Bertz CT molecular complexity index is 671. The molecule has 8 heteroatoms. The first-order valence-electron chi connectivity index (χ1n) is 8.77. The van der Waals surface area contributed by atoms with Gasteiger partial charge in [-0.3, -0.25) is 9.59 Å². The third-order valence-corrected chi connectivity index (χ3v) is 3.77. The lowest BCUT2D eigenvalue weighted by Crippen LogP contribution is -2.42.